The fraction of sp³-hybridized carbons (Fsp3) is 0.682. The minimum absolute atomic E-state index is 0.0331. The smallest absolute Gasteiger partial charge is 0.355 e. The number of aromatic amines is 1. The molecule has 0 radical (unpaired) electrons. The SMILES string of the molecule is CCOC(=O)c1[nH]c(C)c(CCC(=O)N2CCC[C@H](C(=O)NCCN(C)C)C2)c1C. The van der Waals surface area contributed by atoms with E-state index in [0.29, 0.717) is 44.8 Å². The van der Waals surface area contributed by atoms with Gasteiger partial charge in [-0.1, -0.05) is 0 Å². The summed E-state index contributed by atoms with van der Waals surface area (Å²) in [6, 6.07) is 0. The van der Waals surface area contributed by atoms with Gasteiger partial charge < -0.3 is 24.8 Å². The molecule has 0 spiro atoms. The molecule has 1 aliphatic rings. The Kier molecular flexibility index (Phi) is 8.89. The third-order valence-electron chi connectivity index (χ3n) is 5.66. The summed E-state index contributed by atoms with van der Waals surface area (Å²) >= 11 is 0. The highest BCUT2D eigenvalue weighted by molar-refractivity contribution is 5.90. The lowest BCUT2D eigenvalue weighted by Crippen LogP contribution is -2.46. The van der Waals surface area contributed by atoms with Gasteiger partial charge in [0.15, 0.2) is 0 Å². The molecule has 0 aromatic carbocycles. The Morgan fingerprint density at radius 2 is 2.00 bits per heavy atom. The maximum Gasteiger partial charge on any atom is 0.355 e. The number of aryl methyl sites for hydroxylation is 1. The van der Waals surface area contributed by atoms with Gasteiger partial charge in [0.2, 0.25) is 11.8 Å². The van der Waals surface area contributed by atoms with E-state index >= 15 is 0 Å². The number of likely N-dealkylation sites (tertiary alicyclic amines) is 1. The molecule has 168 valence electrons. The predicted molar refractivity (Wildman–Crippen MR) is 115 cm³/mol. The summed E-state index contributed by atoms with van der Waals surface area (Å²) in [6.07, 6.45) is 2.57. The maximum absolute atomic E-state index is 12.8. The Bertz CT molecular complexity index is 757. The van der Waals surface area contributed by atoms with Crippen LogP contribution in [0.5, 0.6) is 0 Å². The zero-order valence-electron chi connectivity index (χ0n) is 19.0. The van der Waals surface area contributed by atoms with Crippen molar-refractivity contribution in [1.82, 2.24) is 20.1 Å². The van der Waals surface area contributed by atoms with Crippen molar-refractivity contribution in [3.8, 4) is 0 Å². The number of amides is 2. The van der Waals surface area contributed by atoms with Crippen molar-refractivity contribution in [2.24, 2.45) is 5.92 Å². The third kappa shape index (κ3) is 6.32. The molecule has 0 saturated carbocycles. The Balaban J connectivity index is 1.90. The highest BCUT2D eigenvalue weighted by Gasteiger charge is 2.28. The first-order valence-corrected chi connectivity index (χ1v) is 10.8. The number of aromatic nitrogens is 1. The van der Waals surface area contributed by atoms with E-state index < -0.39 is 0 Å². The van der Waals surface area contributed by atoms with Gasteiger partial charge in [0.25, 0.3) is 0 Å². The van der Waals surface area contributed by atoms with E-state index in [1.807, 2.05) is 37.7 Å². The van der Waals surface area contributed by atoms with Crippen molar-refractivity contribution in [3.63, 3.8) is 0 Å². The first-order chi connectivity index (χ1) is 14.2. The minimum Gasteiger partial charge on any atom is -0.461 e. The molecule has 8 heteroatoms. The lowest BCUT2D eigenvalue weighted by atomic mass is 9.96. The summed E-state index contributed by atoms with van der Waals surface area (Å²) in [5.41, 5.74) is 3.18. The molecule has 0 bridgehead atoms. The molecular formula is C22H36N4O4. The zero-order valence-corrected chi connectivity index (χ0v) is 19.0. The van der Waals surface area contributed by atoms with Gasteiger partial charge in [0.1, 0.15) is 5.69 Å². The lowest BCUT2D eigenvalue weighted by molar-refractivity contribution is -0.135. The summed E-state index contributed by atoms with van der Waals surface area (Å²) in [5.74, 6) is -0.421. The van der Waals surface area contributed by atoms with E-state index in [2.05, 4.69) is 10.3 Å². The molecule has 1 aliphatic heterocycles. The Morgan fingerprint density at radius 3 is 2.67 bits per heavy atom. The van der Waals surface area contributed by atoms with Crippen molar-refractivity contribution in [1.29, 1.82) is 0 Å². The van der Waals surface area contributed by atoms with Crippen LogP contribution in [0.1, 0.15) is 53.5 Å². The van der Waals surface area contributed by atoms with Crippen LogP contribution in [-0.4, -0.2) is 79.4 Å². The molecule has 8 nitrogen and oxygen atoms in total. The number of likely N-dealkylation sites (N-methyl/N-ethyl adjacent to an activating group) is 1. The number of carbonyl (C=O) groups excluding carboxylic acids is 3. The van der Waals surface area contributed by atoms with Gasteiger partial charge in [0, 0.05) is 38.3 Å². The van der Waals surface area contributed by atoms with Gasteiger partial charge in [-0.3, -0.25) is 9.59 Å². The molecule has 2 N–H and O–H groups in total. The van der Waals surface area contributed by atoms with Crippen LogP contribution in [0.4, 0.5) is 0 Å². The summed E-state index contributed by atoms with van der Waals surface area (Å²) in [6.45, 7) is 8.47. The van der Waals surface area contributed by atoms with Crippen molar-refractivity contribution < 1.29 is 19.1 Å². The zero-order chi connectivity index (χ0) is 22.3. The Hall–Kier alpha value is -2.35. The Labute approximate surface area is 179 Å². The van der Waals surface area contributed by atoms with Crippen molar-refractivity contribution in [2.45, 2.75) is 46.5 Å². The first-order valence-electron chi connectivity index (χ1n) is 10.8. The molecule has 1 aromatic rings. The summed E-state index contributed by atoms with van der Waals surface area (Å²) < 4.78 is 5.09. The largest absolute Gasteiger partial charge is 0.461 e. The van der Waals surface area contributed by atoms with Crippen LogP contribution < -0.4 is 5.32 Å². The van der Waals surface area contributed by atoms with Gasteiger partial charge in [0.05, 0.1) is 12.5 Å². The van der Waals surface area contributed by atoms with E-state index in [0.717, 1.165) is 36.2 Å². The lowest BCUT2D eigenvalue weighted by Gasteiger charge is -2.32. The normalized spacial score (nSPS) is 16.6. The summed E-state index contributed by atoms with van der Waals surface area (Å²) in [4.78, 5) is 44.2. The second kappa shape index (κ2) is 11.2. The van der Waals surface area contributed by atoms with Crippen LogP contribution in [-0.2, 0) is 20.7 Å². The summed E-state index contributed by atoms with van der Waals surface area (Å²) in [7, 11) is 3.94. The monoisotopic (exact) mass is 420 g/mol. The predicted octanol–water partition coefficient (Wildman–Crippen LogP) is 1.66. The van der Waals surface area contributed by atoms with Gasteiger partial charge in [-0.2, -0.15) is 0 Å². The van der Waals surface area contributed by atoms with Crippen LogP contribution in [0.2, 0.25) is 0 Å². The van der Waals surface area contributed by atoms with Crippen LogP contribution in [0, 0.1) is 19.8 Å². The standard InChI is InChI=1S/C22H36N4O4/c1-6-30-22(29)20-15(2)18(16(3)24-20)9-10-19(27)26-12-7-8-17(14-26)21(28)23-11-13-25(4)5/h17,24H,6-14H2,1-5H3,(H,23,28)/t17-/m0/s1. The molecule has 30 heavy (non-hydrogen) atoms. The van der Waals surface area contributed by atoms with Crippen LogP contribution in [0.15, 0.2) is 0 Å². The molecule has 2 rings (SSSR count). The molecule has 1 atom stereocenters. The van der Waals surface area contributed by atoms with Crippen molar-refractivity contribution in [2.75, 3.05) is 46.9 Å². The van der Waals surface area contributed by atoms with E-state index in [4.69, 9.17) is 4.74 Å². The average molecular weight is 421 g/mol. The average Bonchev–Trinajstić information content (AvgIpc) is 2.99. The highest BCUT2D eigenvalue weighted by atomic mass is 16.5. The van der Waals surface area contributed by atoms with Crippen molar-refractivity contribution in [3.05, 3.63) is 22.5 Å². The molecular weight excluding hydrogens is 384 g/mol. The number of hydrogen-bond acceptors (Lipinski definition) is 5. The van der Waals surface area contributed by atoms with Gasteiger partial charge in [-0.15, -0.1) is 0 Å². The van der Waals surface area contributed by atoms with Crippen molar-refractivity contribution >= 4 is 17.8 Å². The fourth-order valence-corrected chi connectivity index (χ4v) is 3.93. The molecule has 0 aliphatic carbocycles. The van der Waals surface area contributed by atoms with E-state index in [1.54, 1.807) is 6.92 Å². The Morgan fingerprint density at radius 1 is 1.27 bits per heavy atom. The second-order valence-electron chi connectivity index (χ2n) is 8.22. The number of nitrogens with zero attached hydrogens (tertiary/aromatic N) is 2. The van der Waals surface area contributed by atoms with E-state index in [1.165, 1.54) is 0 Å². The van der Waals surface area contributed by atoms with Gasteiger partial charge >= 0.3 is 5.97 Å². The number of rotatable bonds is 9. The number of ether oxygens (including phenoxy) is 1. The van der Waals surface area contributed by atoms with Gasteiger partial charge in [-0.05, 0) is 65.3 Å². The second-order valence-corrected chi connectivity index (χ2v) is 8.22. The molecule has 1 fully saturated rings. The molecule has 0 unspecified atom stereocenters. The minimum atomic E-state index is -0.366. The van der Waals surface area contributed by atoms with E-state index in [9.17, 15) is 14.4 Å². The fourth-order valence-electron chi connectivity index (χ4n) is 3.93. The van der Waals surface area contributed by atoms with Crippen LogP contribution in [0.3, 0.4) is 0 Å². The number of H-pyrrole nitrogens is 1. The number of piperidine rings is 1. The number of nitrogens with one attached hydrogen (secondary N) is 2. The third-order valence-corrected chi connectivity index (χ3v) is 5.66. The summed E-state index contributed by atoms with van der Waals surface area (Å²) in [5, 5.41) is 2.97. The van der Waals surface area contributed by atoms with Gasteiger partial charge in [-0.25, -0.2) is 4.79 Å². The molecule has 1 saturated heterocycles. The number of carbonyl (C=O) groups is 3. The van der Waals surface area contributed by atoms with E-state index in [-0.39, 0.29) is 23.7 Å². The first kappa shape index (κ1) is 23.9. The number of esters is 1. The van der Waals surface area contributed by atoms with Crippen LogP contribution >= 0.6 is 0 Å². The topological polar surface area (TPSA) is 94.7 Å². The molecule has 2 amide bonds. The quantitative estimate of drug-likeness (QED) is 0.593. The van der Waals surface area contributed by atoms with Crippen LogP contribution in [0.25, 0.3) is 0 Å². The highest BCUT2D eigenvalue weighted by Crippen LogP contribution is 2.22. The number of hydrogen-bond donors (Lipinski definition) is 2. The maximum atomic E-state index is 12.8. The molecule has 1 aromatic heterocycles. The molecule has 2 heterocycles.